The number of allylic oxidation sites excluding steroid dienone is 1. The fourth-order valence-electron chi connectivity index (χ4n) is 0.979. The molecule has 0 atom stereocenters. The Labute approximate surface area is 93.6 Å². The Kier molecular flexibility index (Phi) is 5.65. The van der Waals surface area contributed by atoms with E-state index in [0.29, 0.717) is 12.4 Å². The van der Waals surface area contributed by atoms with Gasteiger partial charge < -0.3 is 9.16 Å². The van der Waals surface area contributed by atoms with Crippen molar-refractivity contribution < 1.29 is 14.0 Å². The molecular formula is C11H22O3Si. The predicted octanol–water partition coefficient (Wildman–Crippen LogP) is 2.94. The van der Waals surface area contributed by atoms with E-state index in [0.717, 1.165) is 0 Å². The molecule has 0 aliphatic rings. The van der Waals surface area contributed by atoms with Crippen LogP contribution < -0.4 is 0 Å². The van der Waals surface area contributed by atoms with Gasteiger partial charge in [0.15, 0.2) is 5.76 Å². The van der Waals surface area contributed by atoms with Gasteiger partial charge in [-0.3, -0.25) is 0 Å². The molecule has 4 heteroatoms. The molecule has 0 spiro atoms. The van der Waals surface area contributed by atoms with E-state index in [1.807, 2.05) is 39.6 Å². The highest BCUT2D eigenvalue weighted by Gasteiger charge is 2.22. The molecule has 0 saturated heterocycles. The topological polar surface area (TPSA) is 35.5 Å². The van der Waals surface area contributed by atoms with Crippen molar-refractivity contribution >= 4 is 14.3 Å². The highest BCUT2D eigenvalue weighted by molar-refractivity contribution is 6.70. The minimum Gasteiger partial charge on any atom is -0.540 e. The van der Waals surface area contributed by atoms with E-state index < -0.39 is 8.32 Å². The van der Waals surface area contributed by atoms with Gasteiger partial charge in [0.1, 0.15) is 0 Å². The summed E-state index contributed by atoms with van der Waals surface area (Å²) in [7, 11) is -1.75. The van der Waals surface area contributed by atoms with Crippen LogP contribution in [0.3, 0.4) is 0 Å². The van der Waals surface area contributed by atoms with Crippen LogP contribution in [0.4, 0.5) is 0 Å². The first kappa shape index (κ1) is 14.2. The molecule has 0 heterocycles. The normalized spacial score (nSPS) is 12.9. The van der Waals surface area contributed by atoms with Gasteiger partial charge in [-0.2, -0.15) is 0 Å². The Hall–Kier alpha value is -0.773. The second-order valence-corrected chi connectivity index (χ2v) is 9.14. The first-order valence-corrected chi connectivity index (χ1v) is 8.75. The zero-order valence-corrected chi connectivity index (χ0v) is 11.6. The monoisotopic (exact) mass is 230 g/mol. The molecule has 15 heavy (non-hydrogen) atoms. The second-order valence-electron chi connectivity index (χ2n) is 4.71. The van der Waals surface area contributed by atoms with Crippen LogP contribution in [-0.2, 0) is 14.0 Å². The van der Waals surface area contributed by atoms with Crippen LogP contribution in [0, 0.1) is 5.92 Å². The van der Waals surface area contributed by atoms with Crippen molar-refractivity contribution in [2.24, 2.45) is 5.92 Å². The summed E-state index contributed by atoms with van der Waals surface area (Å²) in [5.41, 5.74) is 0. The summed E-state index contributed by atoms with van der Waals surface area (Å²) in [6.07, 6.45) is 1.82. The fraction of sp³-hybridized carbons (Fsp3) is 0.727. The summed E-state index contributed by atoms with van der Waals surface area (Å²) in [5, 5.41) is 0. The molecule has 0 fully saturated rings. The van der Waals surface area contributed by atoms with Crippen molar-refractivity contribution in [3.05, 3.63) is 11.8 Å². The number of carbonyl (C=O) groups is 1. The maximum Gasteiger partial charge on any atom is 0.371 e. The largest absolute Gasteiger partial charge is 0.540 e. The van der Waals surface area contributed by atoms with Gasteiger partial charge in [-0.1, -0.05) is 13.8 Å². The predicted molar refractivity (Wildman–Crippen MR) is 64.0 cm³/mol. The quantitative estimate of drug-likeness (QED) is 0.315. The SMILES string of the molecule is CCOC(=O)/C(=C\C(C)C)O[Si](C)(C)C. The molecule has 0 aromatic heterocycles. The lowest BCUT2D eigenvalue weighted by atomic mass is 10.2. The minimum absolute atomic E-state index is 0.278. The molecule has 0 aromatic rings. The summed E-state index contributed by atoms with van der Waals surface area (Å²) in [5.74, 6) is 0.292. The Morgan fingerprint density at radius 3 is 2.20 bits per heavy atom. The van der Waals surface area contributed by atoms with Gasteiger partial charge in [0.25, 0.3) is 0 Å². The van der Waals surface area contributed by atoms with E-state index >= 15 is 0 Å². The van der Waals surface area contributed by atoms with E-state index in [1.165, 1.54) is 0 Å². The highest BCUT2D eigenvalue weighted by atomic mass is 28.4. The smallest absolute Gasteiger partial charge is 0.371 e. The van der Waals surface area contributed by atoms with Crippen molar-refractivity contribution in [2.75, 3.05) is 6.61 Å². The lowest BCUT2D eigenvalue weighted by Gasteiger charge is -2.21. The van der Waals surface area contributed by atoms with Crippen LogP contribution in [0.15, 0.2) is 11.8 Å². The van der Waals surface area contributed by atoms with Crippen molar-refractivity contribution in [2.45, 2.75) is 40.4 Å². The van der Waals surface area contributed by atoms with Gasteiger partial charge in [0, 0.05) is 0 Å². The molecule has 0 unspecified atom stereocenters. The van der Waals surface area contributed by atoms with Crippen LogP contribution in [0.5, 0.6) is 0 Å². The van der Waals surface area contributed by atoms with Gasteiger partial charge in [-0.15, -0.1) is 0 Å². The third-order valence-corrected chi connectivity index (χ3v) is 2.21. The molecule has 3 nitrogen and oxygen atoms in total. The van der Waals surface area contributed by atoms with Crippen LogP contribution in [0.25, 0.3) is 0 Å². The number of rotatable bonds is 5. The average Bonchev–Trinajstić information content (AvgIpc) is 1.99. The first-order chi connectivity index (χ1) is 6.76. The van der Waals surface area contributed by atoms with Crippen molar-refractivity contribution in [1.29, 1.82) is 0 Å². The molecule has 0 aliphatic heterocycles. The molecule has 0 radical (unpaired) electrons. The first-order valence-electron chi connectivity index (χ1n) is 5.34. The zero-order chi connectivity index (χ0) is 12.1. The Balaban J connectivity index is 4.67. The molecule has 0 aromatic carbocycles. The van der Waals surface area contributed by atoms with E-state index in [2.05, 4.69) is 0 Å². The zero-order valence-electron chi connectivity index (χ0n) is 10.6. The standard InChI is InChI=1S/C11H22O3Si/c1-7-13-11(12)10(8-9(2)3)14-15(4,5)6/h8-9H,7H2,1-6H3/b10-8+. The Bertz CT molecular complexity index is 239. The second kappa shape index (κ2) is 5.95. The third kappa shape index (κ3) is 7.19. The van der Waals surface area contributed by atoms with Crippen molar-refractivity contribution in [3.63, 3.8) is 0 Å². The molecule has 0 bridgehead atoms. The summed E-state index contributed by atoms with van der Waals surface area (Å²) < 4.78 is 10.6. The van der Waals surface area contributed by atoms with Gasteiger partial charge >= 0.3 is 5.97 Å². The molecule has 0 N–H and O–H groups in total. The van der Waals surface area contributed by atoms with E-state index in [9.17, 15) is 4.79 Å². The van der Waals surface area contributed by atoms with Crippen LogP contribution in [0.2, 0.25) is 19.6 Å². The third-order valence-electron chi connectivity index (χ3n) is 1.38. The average molecular weight is 230 g/mol. The van der Waals surface area contributed by atoms with Gasteiger partial charge in [-0.05, 0) is 38.6 Å². The summed E-state index contributed by atoms with van der Waals surface area (Å²) in [6.45, 7) is 12.3. The molecule has 0 amide bonds. The summed E-state index contributed by atoms with van der Waals surface area (Å²) in [6, 6.07) is 0. The van der Waals surface area contributed by atoms with E-state index in [-0.39, 0.29) is 11.9 Å². The number of hydrogen-bond donors (Lipinski definition) is 0. The maximum absolute atomic E-state index is 11.6. The molecule has 0 aliphatic carbocycles. The van der Waals surface area contributed by atoms with Crippen LogP contribution >= 0.6 is 0 Å². The van der Waals surface area contributed by atoms with E-state index in [4.69, 9.17) is 9.16 Å². The van der Waals surface area contributed by atoms with Gasteiger partial charge in [0.2, 0.25) is 8.32 Å². The Morgan fingerprint density at radius 2 is 1.87 bits per heavy atom. The highest BCUT2D eigenvalue weighted by Crippen LogP contribution is 2.14. The fourth-order valence-corrected chi connectivity index (χ4v) is 1.79. The summed E-state index contributed by atoms with van der Waals surface area (Å²) in [4.78, 5) is 11.6. The molecule has 88 valence electrons. The number of ether oxygens (including phenoxy) is 1. The van der Waals surface area contributed by atoms with Crippen LogP contribution in [0.1, 0.15) is 20.8 Å². The van der Waals surface area contributed by atoms with Crippen molar-refractivity contribution in [3.8, 4) is 0 Å². The summed E-state index contributed by atoms with van der Waals surface area (Å²) >= 11 is 0. The number of hydrogen-bond acceptors (Lipinski definition) is 3. The lowest BCUT2D eigenvalue weighted by molar-refractivity contribution is -0.141. The maximum atomic E-state index is 11.6. The van der Waals surface area contributed by atoms with Gasteiger partial charge in [0.05, 0.1) is 6.61 Å². The number of esters is 1. The van der Waals surface area contributed by atoms with Crippen molar-refractivity contribution in [1.82, 2.24) is 0 Å². The molecule has 0 rings (SSSR count). The van der Waals surface area contributed by atoms with Crippen LogP contribution in [-0.4, -0.2) is 20.9 Å². The number of carbonyl (C=O) groups excluding carboxylic acids is 1. The molecule has 0 saturated carbocycles. The minimum atomic E-state index is -1.75. The lowest BCUT2D eigenvalue weighted by Crippen LogP contribution is -2.28. The van der Waals surface area contributed by atoms with Gasteiger partial charge in [-0.25, -0.2) is 4.79 Å². The Morgan fingerprint density at radius 1 is 1.33 bits per heavy atom. The molecular weight excluding hydrogens is 208 g/mol. The van der Waals surface area contributed by atoms with E-state index in [1.54, 1.807) is 6.92 Å².